The van der Waals surface area contributed by atoms with Gasteiger partial charge in [-0.3, -0.25) is 4.79 Å². The summed E-state index contributed by atoms with van der Waals surface area (Å²) in [5.74, 6) is -0.226. The first kappa shape index (κ1) is 15.8. The fourth-order valence-electron chi connectivity index (χ4n) is 1.58. The largest absolute Gasteiger partial charge is 0.337 e. The Labute approximate surface area is 123 Å². The predicted molar refractivity (Wildman–Crippen MR) is 77.5 cm³/mol. The van der Waals surface area contributed by atoms with E-state index in [1.165, 1.54) is 11.0 Å². The Bertz CT molecular complexity index is 551. The molecule has 0 aliphatic rings. The average Bonchev–Trinajstić information content (AvgIpc) is 2.46. The van der Waals surface area contributed by atoms with Gasteiger partial charge in [0, 0.05) is 24.2 Å². The third-order valence-electron chi connectivity index (χ3n) is 2.61. The Balaban J connectivity index is 2.72. The van der Waals surface area contributed by atoms with E-state index in [2.05, 4.69) is 0 Å². The lowest BCUT2D eigenvalue weighted by Gasteiger charge is -2.18. The summed E-state index contributed by atoms with van der Waals surface area (Å²) in [4.78, 5) is 13.5. The maximum atomic E-state index is 12.0. The fourth-order valence-corrected chi connectivity index (χ4v) is 1.78. The van der Waals surface area contributed by atoms with E-state index in [0.717, 1.165) is 5.56 Å². The smallest absolute Gasteiger partial charge is 0.246 e. The van der Waals surface area contributed by atoms with Crippen molar-refractivity contribution >= 4 is 23.6 Å². The summed E-state index contributed by atoms with van der Waals surface area (Å²) < 4.78 is 0. The second-order valence-corrected chi connectivity index (χ2v) is 4.40. The van der Waals surface area contributed by atoms with Crippen LogP contribution >= 0.6 is 11.6 Å². The van der Waals surface area contributed by atoms with Gasteiger partial charge in [0.25, 0.3) is 0 Å². The van der Waals surface area contributed by atoms with Crippen molar-refractivity contribution in [3.63, 3.8) is 0 Å². The molecule has 1 aromatic rings. The van der Waals surface area contributed by atoms with Gasteiger partial charge in [0.05, 0.1) is 25.0 Å². The standard InChI is InChI=1S/C15H14ClN3O/c16-14-6-2-1-5-13(14)7-8-15(20)19(11-3-9-17)12-4-10-18/h1-2,5-8H,3-4,11-12H2. The average molecular weight is 288 g/mol. The number of amides is 1. The van der Waals surface area contributed by atoms with Gasteiger partial charge in [0.2, 0.25) is 5.91 Å². The molecule has 0 saturated heterocycles. The maximum absolute atomic E-state index is 12.0. The van der Waals surface area contributed by atoms with Crippen LogP contribution in [0.2, 0.25) is 5.02 Å². The molecule has 1 rings (SSSR count). The molecule has 0 unspecified atom stereocenters. The minimum absolute atomic E-state index is 0.226. The Kier molecular flexibility index (Phi) is 6.89. The summed E-state index contributed by atoms with van der Waals surface area (Å²) in [7, 11) is 0. The minimum Gasteiger partial charge on any atom is -0.337 e. The first-order valence-corrected chi connectivity index (χ1v) is 6.52. The van der Waals surface area contributed by atoms with Gasteiger partial charge in [-0.2, -0.15) is 10.5 Å². The summed E-state index contributed by atoms with van der Waals surface area (Å²) in [5.41, 5.74) is 0.753. The lowest BCUT2D eigenvalue weighted by Crippen LogP contribution is -2.31. The first-order chi connectivity index (χ1) is 9.69. The van der Waals surface area contributed by atoms with Crippen molar-refractivity contribution in [1.29, 1.82) is 10.5 Å². The van der Waals surface area contributed by atoms with Crippen molar-refractivity contribution in [2.24, 2.45) is 0 Å². The fraction of sp³-hybridized carbons (Fsp3) is 0.267. The zero-order valence-corrected chi connectivity index (χ0v) is 11.7. The molecule has 5 heteroatoms. The van der Waals surface area contributed by atoms with Gasteiger partial charge >= 0.3 is 0 Å². The zero-order valence-electron chi connectivity index (χ0n) is 10.9. The summed E-state index contributed by atoms with van der Waals surface area (Å²) in [5, 5.41) is 17.7. The van der Waals surface area contributed by atoms with E-state index in [9.17, 15) is 4.79 Å². The summed E-state index contributed by atoms with van der Waals surface area (Å²) in [6.45, 7) is 0.647. The number of nitriles is 2. The summed E-state index contributed by atoms with van der Waals surface area (Å²) in [6, 6.07) is 11.2. The molecule has 0 heterocycles. The highest BCUT2D eigenvalue weighted by Crippen LogP contribution is 2.16. The number of carbonyl (C=O) groups excluding carboxylic acids is 1. The first-order valence-electron chi connectivity index (χ1n) is 6.14. The van der Waals surface area contributed by atoms with Crippen LogP contribution in [0.4, 0.5) is 0 Å². The lowest BCUT2D eigenvalue weighted by atomic mass is 10.2. The van der Waals surface area contributed by atoms with Crippen molar-refractivity contribution in [3.8, 4) is 12.1 Å². The highest BCUT2D eigenvalue weighted by atomic mass is 35.5. The molecule has 0 aliphatic carbocycles. The molecule has 102 valence electrons. The number of hydrogen-bond acceptors (Lipinski definition) is 3. The molecule has 1 aromatic carbocycles. The van der Waals surface area contributed by atoms with Gasteiger partial charge in [-0.25, -0.2) is 0 Å². The lowest BCUT2D eigenvalue weighted by molar-refractivity contribution is -0.125. The van der Waals surface area contributed by atoms with Crippen LogP contribution < -0.4 is 0 Å². The molecule has 0 aromatic heterocycles. The molecular weight excluding hydrogens is 274 g/mol. The SMILES string of the molecule is N#CCCN(CCC#N)C(=O)C=Cc1ccccc1Cl. The molecule has 0 N–H and O–H groups in total. The van der Waals surface area contributed by atoms with E-state index in [-0.39, 0.29) is 18.7 Å². The van der Waals surface area contributed by atoms with E-state index < -0.39 is 0 Å². The number of halogens is 1. The van der Waals surface area contributed by atoms with E-state index >= 15 is 0 Å². The highest BCUT2D eigenvalue weighted by Gasteiger charge is 2.09. The molecule has 0 bridgehead atoms. The number of hydrogen-bond donors (Lipinski definition) is 0. The Morgan fingerprint density at radius 1 is 1.20 bits per heavy atom. The minimum atomic E-state index is -0.226. The maximum Gasteiger partial charge on any atom is 0.246 e. The van der Waals surface area contributed by atoms with Gasteiger partial charge in [0.15, 0.2) is 0 Å². The van der Waals surface area contributed by atoms with Gasteiger partial charge in [-0.05, 0) is 17.7 Å². The molecule has 20 heavy (non-hydrogen) atoms. The van der Waals surface area contributed by atoms with Crippen LogP contribution in [0, 0.1) is 22.7 Å². The van der Waals surface area contributed by atoms with Crippen LogP contribution in [0.5, 0.6) is 0 Å². The van der Waals surface area contributed by atoms with E-state index in [1.54, 1.807) is 18.2 Å². The number of nitrogens with zero attached hydrogens (tertiary/aromatic N) is 3. The Morgan fingerprint density at radius 3 is 2.35 bits per heavy atom. The van der Waals surface area contributed by atoms with Crippen molar-refractivity contribution in [1.82, 2.24) is 4.90 Å². The van der Waals surface area contributed by atoms with Crippen molar-refractivity contribution in [2.75, 3.05) is 13.1 Å². The monoisotopic (exact) mass is 287 g/mol. The molecule has 0 aliphatic heterocycles. The quantitative estimate of drug-likeness (QED) is 0.755. The molecule has 0 fully saturated rings. The highest BCUT2D eigenvalue weighted by molar-refractivity contribution is 6.32. The van der Waals surface area contributed by atoms with Crippen LogP contribution in [0.25, 0.3) is 6.08 Å². The van der Waals surface area contributed by atoms with Crippen LogP contribution in [-0.4, -0.2) is 23.9 Å². The van der Waals surface area contributed by atoms with E-state index in [4.69, 9.17) is 22.1 Å². The number of carbonyl (C=O) groups is 1. The topological polar surface area (TPSA) is 67.9 Å². The second-order valence-electron chi connectivity index (χ2n) is 4.00. The molecule has 4 nitrogen and oxygen atoms in total. The second kappa shape index (κ2) is 8.74. The van der Waals surface area contributed by atoms with E-state index in [0.29, 0.717) is 18.1 Å². The van der Waals surface area contributed by atoms with Crippen LogP contribution in [0.3, 0.4) is 0 Å². The molecule has 0 saturated carbocycles. The van der Waals surface area contributed by atoms with Crippen LogP contribution in [-0.2, 0) is 4.79 Å². The van der Waals surface area contributed by atoms with Crippen molar-refractivity contribution < 1.29 is 4.79 Å². The van der Waals surface area contributed by atoms with Gasteiger partial charge in [-0.1, -0.05) is 29.8 Å². The Hall–Kier alpha value is -2.30. The van der Waals surface area contributed by atoms with Crippen LogP contribution in [0.1, 0.15) is 18.4 Å². The molecular formula is C15H14ClN3O. The van der Waals surface area contributed by atoms with Crippen molar-refractivity contribution in [2.45, 2.75) is 12.8 Å². The summed E-state index contributed by atoms with van der Waals surface area (Å²) >= 11 is 5.99. The van der Waals surface area contributed by atoms with Gasteiger partial charge in [0.1, 0.15) is 0 Å². The normalized spacial score (nSPS) is 9.95. The molecule has 1 amide bonds. The van der Waals surface area contributed by atoms with E-state index in [1.807, 2.05) is 24.3 Å². The molecule has 0 atom stereocenters. The van der Waals surface area contributed by atoms with Crippen molar-refractivity contribution in [3.05, 3.63) is 40.9 Å². The van der Waals surface area contributed by atoms with Crippen LogP contribution in [0.15, 0.2) is 30.3 Å². The summed E-state index contributed by atoms with van der Waals surface area (Å²) in [6.07, 6.45) is 3.54. The third-order valence-corrected chi connectivity index (χ3v) is 2.95. The third kappa shape index (κ3) is 5.14. The predicted octanol–water partition coefficient (Wildman–Crippen LogP) is 3.01. The Morgan fingerprint density at radius 2 is 1.80 bits per heavy atom. The number of rotatable bonds is 6. The zero-order chi connectivity index (χ0) is 14.8. The van der Waals surface area contributed by atoms with Gasteiger partial charge < -0.3 is 4.90 Å². The van der Waals surface area contributed by atoms with Gasteiger partial charge in [-0.15, -0.1) is 0 Å². The molecule has 0 radical (unpaired) electrons. The number of benzene rings is 1. The molecule has 0 spiro atoms.